The second kappa shape index (κ2) is 2.13. The molecule has 0 aromatic carbocycles. The fraction of sp³-hybridized carbons (Fsp3) is 0.333. The fourth-order valence-electron chi connectivity index (χ4n) is 0.756. The Kier molecular flexibility index (Phi) is 1.45. The van der Waals surface area contributed by atoms with E-state index in [0.717, 1.165) is 0 Å². The third-order valence-corrected chi connectivity index (χ3v) is 1.34. The van der Waals surface area contributed by atoms with Gasteiger partial charge < -0.3 is 0 Å². The van der Waals surface area contributed by atoms with Crippen LogP contribution in [-0.2, 0) is 14.1 Å². The molecule has 10 heavy (non-hydrogen) atoms. The SMILES string of the molecule is C=Cc1nn(C)c(=O)n1C. The average molecular weight is 139 g/mol. The molecule has 0 aliphatic carbocycles. The van der Waals surface area contributed by atoms with Crippen molar-refractivity contribution in [1.82, 2.24) is 14.3 Å². The van der Waals surface area contributed by atoms with Crippen molar-refractivity contribution < 1.29 is 0 Å². The van der Waals surface area contributed by atoms with Crippen LogP contribution < -0.4 is 5.69 Å². The van der Waals surface area contributed by atoms with Crippen LogP contribution in [0.3, 0.4) is 0 Å². The third-order valence-electron chi connectivity index (χ3n) is 1.34. The van der Waals surface area contributed by atoms with E-state index in [1.54, 1.807) is 20.2 Å². The molecular formula is C6H9N3O. The molecule has 0 saturated heterocycles. The zero-order valence-electron chi connectivity index (χ0n) is 6.03. The Balaban J connectivity index is 3.45. The molecule has 0 radical (unpaired) electrons. The molecule has 1 rings (SSSR count). The van der Waals surface area contributed by atoms with Crippen LogP contribution in [0.5, 0.6) is 0 Å². The number of hydrogen-bond acceptors (Lipinski definition) is 2. The second-order valence-corrected chi connectivity index (χ2v) is 2.03. The quantitative estimate of drug-likeness (QED) is 0.538. The van der Waals surface area contributed by atoms with Gasteiger partial charge in [-0.1, -0.05) is 6.58 Å². The molecule has 0 spiro atoms. The third kappa shape index (κ3) is 0.775. The predicted octanol–water partition coefficient (Wildman–Crippen LogP) is -0.238. The van der Waals surface area contributed by atoms with Crippen molar-refractivity contribution in [2.75, 3.05) is 0 Å². The van der Waals surface area contributed by atoms with Gasteiger partial charge in [-0.25, -0.2) is 9.48 Å². The van der Waals surface area contributed by atoms with E-state index in [0.29, 0.717) is 5.82 Å². The summed E-state index contributed by atoms with van der Waals surface area (Å²) >= 11 is 0. The molecule has 1 aromatic heterocycles. The van der Waals surface area contributed by atoms with Crippen molar-refractivity contribution in [2.45, 2.75) is 0 Å². The first-order valence-corrected chi connectivity index (χ1v) is 2.89. The fourth-order valence-corrected chi connectivity index (χ4v) is 0.756. The second-order valence-electron chi connectivity index (χ2n) is 2.03. The van der Waals surface area contributed by atoms with Gasteiger partial charge in [0.05, 0.1) is 0 Å². The van der Waals surface area contributed by atoms with Crippen molar-refractivity contribution >= 4 is 6.08 Å². The van der Waals surface area contributed by atoms with Crippen LogP contribution in [0.25, 0.3) is 6.08 Å². The van der Waals surface area contributed by atoms with E-state index in [1.807, 2.05) is 0 Å². The maximum absolute atomic E-state index is 11.0. The molecule has 0 amide bonds. The lowest BCUT2D eigenvalue weighted by Crippen LogP contribution is -2.20. The summed E-state index contributed by atoms with van der Waals surface area (Å²) < 4.78 is 2.71. The molecule has 0 saturated carbocycles. The number of hydrogen-bond donors (Lipinski definition) is 0. The van der Waals surface area contributed by atoms with E-state index >= 15 is 0 Å². The normalized spacial score (nSPS) is 9.80. The summed E-state index contributed by atoms with van der Waals surface area (Å²) in [6, 6.07) is 0. The van der Waals surface area contributed by atoms with Crippen LogP contribution in [0.1, 0.15) is 5.82 Å². The van der Waals surface area contributed by atoms with Gasteiger partial charge >= 0.3 is 5.69 Å². The summed E-state index contributed by atoms with van der Waals surface area (Å²) in [5.41, 5.74) is -0.130. The topological polar surface area (TPSA) is 39.8 Å². The first-order chi connectivity index (χ1) is 4.66. The highest BCUT2D eigenvalue weighted by Gasteiger charge is 2.01. The summed E-state index contributed by atoms with van der Waals surface area (Å²) in [5, 5.41) is 3.88. The maximum Gasteiger partial charge on any atom is 0.345 e. The van der Waals surface area contributed by atoms with Crippen LogP contribution in [0, 0.1) is 0 Å². The summed E-state index contributed by atoms with van der Waals surface area (Å²) in [5.74, 6) is 0.590. The average Bonchev–Trinajstić information content (AvgIpc) is 2.17. The van der Waals surface area contributed by atoms with Gasteiger partial charge in [0.1, 0.15) is 0 Å². The van der Waals surface area contributed by atoms with Crippen molar-refractivity contribution in [2.24, 2.45) is 14.1 Å². The smallest absolute Gasteiger partial charge is 0.279 e. The van der Waals surface area contributed by atoms with E-state index in [4.69, 9.17) is 0 Å². The molecule has 0 N–H and O–H groups in total. The van der Waals surface area contributed by atoms with E-state index in [2.05, 4.69) is 11.7 Å². The molecule has 4 heteroatoms. The van der Waals surface area contributed by atoms with Crippen molar-refractivity contribution in [1.29, 1.82) is 0 Å². The number of aryl methyl sites for hydroxylation is 1. The maximum atomic E-state index is 11.0. The lowest BCUT2D eigenvalue weighted by Gasteiger charge is -1.85. The van der Waals surface area contributed by atoms with Crippen molar-refractivity contribution in [3.05, 3.63) is 22.9 Å². The highest BCUT2D eigenvalue weighted by molar-refractivity contribution is 5.35. The van der Waals surface area contributed by atoms with Gasteiger partial charge in [0.25, 0.3) is 0 Å². The molecule has 0 bridgehead atoms. The van der Waals surface area contributed by atoms with Gasteiger partial charge in [0.15, 0.2) is 5.82 Å². The minimum absolute atomic E-state index is 0.130. The van der Waals surface area contributed by atoms with E-state index < -0.39 is 0 Å². The van der Waals surface area contributed by atoms with Gasteiger partial charge in [-0.05, 0) is 6.08 Å². The highest BCUT2D eigenvalue weighted by Crippen LogP contribution is 1.88. The first-order valence-electron chi connectivity index (χ1n) is 2.89. The molecule has 1 heterocycles. The summed E-state index contributed by atoms with van der Waals surface area (Å²) in [6.07, 6.45) is 1.54. The lowest BCUT2D eigenvalue weighted by molar-refractivity contribution is 0.714. The van der Waals surface area contributed by atoms with Crippen molar-refractivity contribution in [3.8, 4) is 0 Å². The Hall–Kier alpha value is -1.32. The van der Waals surface area contributed by atoms with E-state index in [1.165, 1.54) is 9.25 Å². The minimum atomic E-state index is -0.130. The molecular weight excluding hydrogens is 130 g/mol. The molecule has 1 aromatic rings. The van der Waals surface area contributed by atoms with Crippen LogP contribution in [-0.4, -0.2) is 14.3 Å². The summed E-state index contributed by atoms with van der Waals surface area (Å²) in [7, 11) is 3.27. The molecule has 4 nitrogen and oxygen atoms in total. The summed E-state index contributed by atoms with van der Waals surface area (Å²) in [6.45, 7) is 3.51. The van der Waals surface area contributed by atoms with E-state index in [9.17, 15) is 4.79 Å². The van der Waals surface area contributed by atoms with E-state index in [-0.39, 0.29) is 5.69 Å². The number of rotatable bonds is 1. The van der Waals surface area contributed by atoms with Crippen LogP contribution in [0.4, 0.5) is 0 Å². The molecule has 0 unspecified atom stereocenters. The van der Waals surface area contributed by atoms with Gasteiger partial charge in [-0.15, -0.1) is 0 Å². The molecule has 0 aliphatic rings. The monoisotopic (exact) mass is 139 g/mol. The minimum Gasteiger partial charge on any atom is -0.279 e. The van der Waals surface area contributed by atoms with Crippen LogP contribution in [0.2, 0.25) is 0 Å². The molecule has 0 fully saturated rings. The predicted molar refractivity (Wildman–Crippen MR) is 38.5 cm³/mol. The first kappa shape index (κ1) is 6.80. The Morgan fingerprint density at radius 1 is 1.60 bits per heavy atom. The Morgan fingerprint density at radius 3 is 2.40 bits per heavy atom. The van der Waals surface area contributed by atoms with Crippen LogP contribution >= 0.6 is 0 Å². The zero-order chi connectivity index (χ0) is 7.72. The summed E-state index contributed by atoms with van der Waals surface area (Å²) in [4.78, 5) is 11.0. The Bertz CT molecular complexity index is 307. The Labute approximate surface area is 58.4 Å². The Morgan fingerprint density at radius 2 is 2.20 bits per heavy atom. The van der Waals surface area contributed by atoms with Gasteiger partial charge in [-0.2, -0.15) is 5.10 Å². The zero-order valence-corrected chi connectivity index (χ0v) is 6.03. The molecule has 54 valence electrons. The number of nitrogens with zero attached hydrogens (tertiary/aromatic N) is 3. The van der Waals surface area contributed by atoms with Gasteiger partial charge in [0.2, 0.25) is 0 Å². The molecule has 0 aliphatic heterocycles. The lowest BCUT2D eigenvalue weighted by atomic mass is 10.6. The van der Waals surface area contributed by atoms with Gasteiger partial charge in [-0.3, -0.25) is 4.57 Å². The van der Waals surface area contributed by atoms with Crippen LogP contribution in [0.15, 0.2) is 11.4 Å². The largest absolute Gasteiger partial charge is 0.345 e. The van der Waals surface area contributed by atoms with Crippen molar-refractivity contribution in [3.63, 3.8) is 0 Å². The number of aromatic nitrogens is 3. The molecule has 0 atom stereocenters. The van der Waals surface area contributed by atoms with Gasteiger partial charge in [0, 0.05) is 14.1 Å². The highest BCUT2D eigenvalue weighted by atomic mass is 16.2. The standard InChI is InChI=1S/C6H9N3O/c1-4-5-7-9(3)6(10)8(5)2/h4H,1H2,2-3H3.